The summed E-state index contributed by atoms with van der Waals surface area (Å²) in [4.78, 5) is 0. The molecule has 14 heavy (non-hydrogen) atoms. The third-order valence-electron chi connectivity index (χ3n) is 3.51. The maximum Gasteiger partial charge on any atom is -0.00826 e. The van der Waals surface area contributed by atoms with Gasteiger partial charge >= 0.3 is 0 Å². The molecule has 0 amide bonds. The fourth-order valence-corrected chi connectivity index (χ4v) is 2.63. The van der Waals surface area contributed by atoms with Crippen molar-refractivity contribution in [3.05, 3.63) is 46.0 Å². The quantitative estimate of drug-likeness (QED) is 0.576. The molecule has 0 bridgehead atoms. The minimum Gasteiger partial charge on any atom is -0.0795 e. The van der Waals surface area contributed by atoms with Crippen molar-refractivity contribution >= 4 is 11.6 Å². The molecule has 2 aliphatic carbocycles. The Morgan fingerprint density at radius 2 is 2.00 bits per heavy atom. The van der Waals surface area contributed by atoms with Gasteiger partial charge in [-0.15, -0.1) is 0 Å². The number of fused-ring (bicyclic) bond motifs is 2. The molecular formula is C14H14. The second-order valence-electron chi connectivity index (χ2n) is 4.30. The van der Waals surface area contributed by atoms with E-state index >= 15 is 0 Å². The van der Waals surface area contributed by atoms with Crippen molar-refractivity contribution in [2.75, 3.05) is 0 Å². The van der Waals surface area contributed by atoms with Crippen molar-refractivity contribution in [1.82, 2.24) is 0 Å². The molecule has 0 saturated carbocycles. The maximum atomic E-state index is 2.39. The number of rotatable bonds is 0. The van der Waals surface area contributed by atoms with Gasteiger partial charge in [0.05, 0.1) is 0 Å². The fraction of sp³-hybridized carbons (Fsp3) is 0.286. The summed E-state index contributed by atoms with van der Waals surface area (Å²) in [5.41, 5.74) is 8.98. The van der Waals surface area contributed by atoms with Crippen LogP contribution in [0.2, 0.25) is 0 Å². The predicted molar refractivity (Wildman–Crippen MR) is 61.3 cm³/mol. The molecule has 0 atom stereocenters. The minimum atomic E-state index is 1.12. The maximum absolute atomic E-state index is 2.39. The van der Waals surface area contributed by atoms with E-state index in [-0.39, 0.29) is 0 Å². The number of hydrogen-bond donors (Lipinski definition) is 0. The van der Waals surface area contributed by atoms with E-state index in [0.29, 0.717) is 0 Å². The standard InChI is InChI=1S/C14H14/c1-9-6-7-13-10(2)12-5-3-4-11(12)8-14(9)13/h3,5-6,8H,4,7H2,1-2H3. The summed E-state index contributed by atoms with van der Waals surface area (Å²) in [6, 6.07) is 2.39. The summed E-state index contributed by atoms with van der Waals surface area (Å²) in [6.45, 7) is 4.49. The van der Waals surface area contributed by atoms with Gasteiger partial charge in [0.2, 0.25) is 0 Å². The molecular weight excluding hydrogens is 168 g/mol. The predicted octanol–water partition coefficient (Wildman–Crippen LogP) is 3.52. The lowest BCUT2D eigenvalue weighted by molar-refractivity contribution is 1.20. The molecule has 0 heterocycles. The van der Waals surface area contributed by atoms with Crippen LogP contribution in [0.4, 0.5) is 0 Å². The van der Waals surface area contributed by atoms with E-state index in [4.69, 9.17) is 0 Å². The summed E-state index contributed by atoms with van der Waals surface area (Å²) < 4.78 is 0. The van der Waals surface area contributed by atoms with Crippen LogP contribution in [0.15, 0.2) is 18.2 Å². The smallest absolute Gasteiger partial charge is 0.00826 e. The zero-order valence-corrected chi connectivity index (χ0v) is 8.72. The van der Waals surface area contributed by atoms with Crippen LogP contribution in [0.1, 0.15) is 34.7 Å². The number of benzene rings is 1. The SMILES string of the molecule is CC1=CCc2c1cc1c(c2C)C=CC1. The van der Waals surface area contributed by atoms with E-state index in [9.17, 15) is 0 Å². The van der Waals surface area contributed by atoms with Crippen molar-refractivity contribution in [3.63, 3.8) is 0 Å². The van der Waals surface area contributed by atoms with E-state index in [2.05, 4.69) is 38.1 Å². The Morgan fingerprint density at radius 3 is 2.86 bits per heavy atom. The Kier molecular flexibility index (Phi) is 1.49. The number of allylic oxidation sites excluding steroid dienone is 3. The second-order valence-corrected chi connectivity index (χ2v) is 4.30. The second kappa shape index (κ2) is 2.60. The summed E-state index contributed by atoms with van der Waals surface area (Å²) >= 11 is 0. The summed E-state index contributed by atoms with van der Waals surface area (Å²) in [7, 11) is 0. The van der Waals surface area contributed by atoms with Gasteiger partial charge in [-0.1, -0.05) is 24.3 Å². The van der Waals surface area contributed by atoms with E-state index in [1.807, 2.05) is 0 Å². The molecule has 0 radical (unpaired) electrons. The topological polar surface area (TPSA) is 0 Å². The highest BCUT2D eigenvalue weighted by atomic mass is 14.2. The molecule has 0 saturated heterocycles. The molecule has 3 rings (SSSR count). The van der Waals surface area contributed by atoms with Gasteiger partial charge in [-0.25, -0.2) is 0 Å². The summed E-state index contributed by atoms with van der Waals surface area (Å²) in [6.07, 6.45) is 9.14. The van der Waals surface area contributed by atoms with Crippen molar-refractivity contribution in [2.45, 2.75) is 26.7 Å². The van der Waals surface area contributed by atoms with Gasteiger partial charge in [-0.05, 0) is 60.1 Å². The first-order valence-electron chi connectivity index (χ1n) is 5.26. The Hall–Kier alpha value is -1.30. The zero-order chi connectivity index (χ0) is 9.71. The average Bonchev–Trinajstić information content (AvgIpc) is 2.75. The summed E-state index contributed by atoms with van der Waals surface area (Å²) in [5.74, 6) is 0. The van der Waals surface area contributed by atoms with Gasteiger partial charge < -0.3 is 0 Å². The van der Waals surface area contributed by atoms with Crippen molar-refractivity contribution in [2.24, 2.45) is 0 Å². The first-order valence-corrected chi connectivity index (χ1v) is 5.26. The zero-order valence-electron chi connectivity index (χ0n) is 8.72. The Labute approximate surface area is 85.0 Å². The van der Waals surface area contributed by atoms with Gasteiger partial charge in [-0.2, -0.15) is 0 Å². The van der Waals surface area contributed by atoms with Crippen molar-refractivity contribution < 1.29 is 0 Å². The van der Waals surface area contributed by atoms with Crippen LogP contribution in [-0.2, 0) is 12.8 Å². The molecule has 2 aliphatic rings. The van der Waals surface area contributed by atoms with Gasteiger partial charge in [0, 0.05) is 0 Å². The van der Waals surface area contributed by atoms with Crippen molar-refractivity contribution in [1.29, 1.82) is 0 Å². The highest BCUT2D eigenvalue weighted by Gasteiger charge is 2.18. The monoisotopic (exact) mass is 182 g/mol. The third kappa shape index (κ3) is 0.886. The van der Waals surface area contributed by atoms with Gasteiger partial charge in [0.25, 0.3) is 0 Å². The highest BCUT2D eigenvalue weighted by Crippen LogP contribution is 2.35. The molecule has 0 heteroatoms. The Bertz CT molecular complexity index is 473. The lowest BCUT2D eigenvalue weighted by Gasteiger charge is -2.11. The average molecular weight is 182 g/mol. The molecule has 70 valence electrons. The molecule has 1 aromatic carbocycles. The van der Waals surface area contributed by atoms with Crippen molar-refractivity contribution in [3.8, 4) is 0 Å². The normalized spacial score (nSPS) is 16.9. The molecule has 0 aromatic heterocycles. The third-order valence-corrected chi connectivity index (χ3v) is 3.51. The summed E-state index contributed by atoms with van der Waals surface area (Å²) in [5, 5.41) is 0. The first-order chi connectivity index (χ1) is 6.77. The Balaban J connectivity index is 2.32. The molecule has 0 nitrogen and oxygen atoms in total. The van der Waals surface area contributed by atoms with Crippen LogP contribution in [0.5, 0.6) is 0 Å². The van der Waals surface area contributed by atoms with E-state index in [0.717, 1.165) is 12.8 Å². The van der Waals surface area contributed by atoms with Gasteiger partial charge in [0.15, 0.2) is 0 Å². The van der Waals surface area contributed by atoms with E-state index in [1.54, 1.807) is 5.56 Å². The molecule has 1 aromatic rings. The lowest BCUT2D eigenvalue weighted by Crippen LogP contribution is -1.95. The van der Waals surface area contributed by atoms with Crippen LogP contribution in [0.25, 0.3) is 11.6 Å². The van der Waals surface area contributed by atoms with E-state index in [1.165, 1.54) is 27.8 Å². The molecule has 0 aliphatic heterocycles. The largest absolute Gasteiger partial charge is 0.0795 e. The number of hydrogen-bond acceptors (Lipinski definition) is 0. The van der Waals surface area contributed by atoms with Crippen LogP contribution in [0.3, 0.4) is 0 Å². The van der Waals surface area contributed by atoms with Crippen LogP contribution in [-0.4, -0.2) is 0 Å². The minimum absolute atomic E-state index is 1.12. The fourth-order valence-electron chi connectivity index (χ4n) is 2.63. The lowest BCUT2D eigenvalue weighted by atomic mass is 9.93. The van der Waals surface area contributed by atoms with Crippen LogP contribution in [0, 0.1) is 6.92 Å². The highest BCUT2D eigenvalue weighted by molar-refractivity contribution is 5.78. The molecule has 0 unspecified atom stereocenters. The molecule has 0 fully saturated rings. The molecule has 0 N–H and O–H groups in total. The van der Waals surface area contributed by atoms with Crippen LogP contribution >= 0.6 is 0 Å². The van der Waals surface area contributed by atoms with Gasteiger partial charge in [0.1, 0.15) is 0 Å². The van der Waals surface area contributed by atoms with Gasteiger partial charge in [-0.3, -0.25) is 0 Å². The first kappa shape index (κ1) is 8.05. The molecule has 0 spiro atoms. The van der Waals surface area contributed by atoms with E-state index < -0.39 is 0 Å². The van der Waals surface area contributed by atoms with Crippen LogP contribution < -0.4 is 0 Å². The Morgan fingerprint density at radius 1 is 1.14 bits per heavy atom.